The van der Waals surface area contributed by atoms with E-state index >= 15 is 0 Å². The zero-order valence-corrected chi connectivity index (χ0v) is 13.8. The Bertz CT molecular complexity index is 506. The summed E-state index contributed by atoms with van der Waals surface area (Å²) in [5.74, 6) is 0.815. The van der Waals surface area contributed by atoms with Gasteiger partial charge in [-0.1, -0.05) is 19.3 Å². The number of amides is 2. The fourth-order valence-corrected chi connectivity index (χ4v) is 3.44. The minimum absolute atomic E-state index is 0.0250. The number of anilines is 1. The van der Waals surface area contributed by atoms with Crippen LogP contribution in [0.5, 0.6) is 0 Å². The molecule has 0 bridgehead atoms. The lowest BCUT2D eigenvalue weighted by molar-refractivity contribution is 0.203. The highest BCUT2D eigenvalue weighted by atomic mass is 16.3. The average molecular weight is 320 g/mol. The highest BCUT2D eigenvalue weighted by Crippen LogP contribution is 2.31. The maximum absolute atomic E-state index is 12.6. The maximum Gasteiger partial charge on any atom is 0.323 e. The molecule has 6 heteroatoms. The van der Waals surface area contributed by atoms with E-state index in [0.29, 0.717) is 18.6 Å². The first-order chi connectivity index (χ1) is 11.3. The van der Waals surface area contributed by atoms with Crippen LogP contribution in [0, 0.1) is 0 Å². The molecule has 23 heavy (non-hydrogen) atoms. The molecule has 2 aliphatic carbocycles. The zero-order chi connectivity index (χ0) is 16.1. The molecule has 2 N–H and O–H groups in total. The molecule has 3 rings (SSSR count). The van der Waals surface area contributed by atoms with Gasteiger partial charge in [-0.2, -0.15) is 5.10 Å². The summed E-state index contributed by atoms with van der Waals surface area (Å²) in [4.78, 5) is 14.6. The summed E-state index contributed by atoms with van der Waals surface area (Å²) in [7, 11) is 0. The number of aromatic nitrogens is 2. The van der Waals surface area contributed by atoms with Gasteiger partial charge in [-0.15, -0.1) is 0 Å². The van der Waals surface area contributed by atoms with Crippen LogP contribution in [0.15, 0.2) is 12.3 Å². The number of nitrogens with zero attached hydrogens (tertiary/aromatic N) is 3. The van der Waals surface area contributed by atoms with Gasteiger partial charge in [-0.25, -0.2) is 9.48 Å². The summed E-state index contributed by atoms with van der Waals surface area (Å²) in [6.07, 6.45) is 11.6. The number of aliphatic hydroxyl groups excluding tert-OH is 1. The van der Waals surface area contributed by atoms with E-state index in [9.17, 15) is 4.79 Å². The largest absolute Gasteiger partial charge is 0.396 e. The van der Waals surface area contributed by atoms with Gasteiger partial charge in [-0.3, -0.25) is 5.32 Å². The predicted molar refractivity (Wildman–Crippen MR) is 89.4 cm³/mol. The number of hydrogen-bond donors (Lipinski definition) is 2. The molecule has 0 aromatic carbocycles. The van der Waals surface area contributed by atoms with Gasteiger partial charge < -0.3 is 10.0 Å². The van der Waals surface area contributed by atoms with Crippen molar-refractivity contribution in [3.8, 4) is 0 Å². The number of nitrogens with one attached hydrogen (secondary N) is 1. The summed E-state index contributed by atoms with van der Waals surface area (Å²) in [6, 6.07) is 2.66. The number of unbranched alkanes of at least 4 members (excludes halogenated alkanes) is 1. The second kappa shape index (κ2) is 7.81. The van der Waals surface area contributed by atoms with Crippen molar-refractivity contribution in [3.63, 3.8) is 0 Å². The maximum atomic E-state index is 12.6. The van der Waals surface area contributed by atoms with E-state index in [2.05, 4.69) is 10.4 Å². The number of urea groups is 1. The zero-order valence-electron chi connectivity index (χ0n) is 13.8. The fourth-order valence-electron chi connectivity index (χ4n) is 3.44. The Labute approximate surface area is 137 Å². The molecule has 0 aliphatic heterocycles. The van der Waals surface area contributed by atoms with Crippen LogP contribution in [0.25, 0.3) is 0 Å². The average Bonchev–Trinajstić information content (AvgIpc) is 3.31. The molecule has 2 saturated carbocycles. The number of rotatable bonds is 7. The summed E-state index contributed by atoms with van der Waals surface area (Å²) < 4.78 is 2.00. The lowest BCUT2D eigenvalue weighted by Crippen LogP contribution is -2.38. The molecule has 0 spiro atoms. The van der Waals surface area contributed by atoms with Crippen molar-refractivity contribution < 1.29 is 9.90 Å². The quantitative estimate of drug-likeness (QED) is 0.758. The van der Waals surface area contributed by atoms with Crippen LogP contribution in [0.1, 0.15) is 63.8 Å². The van der Waals surface area contributed by atoms with E-state index < -0.39 is 0 Å². The van der Waals surface area contributed by atoms with Crippen LogP contribution in [-0.4, -0.2) is 45.0 Å². The normalized spacial score (nSPS) is 18.8. The summed E-state index contributed by atoms with van der Waals surface area (Å²) in [5, 5.41) is 16.4. The minimum atomic E-state index is -0.0250. The van der Waals surface area contributed by atoms with Gasteiger partial charge in [0, 0.05) is 25.3 Å². The van der Waals surface area contributed by atoms with Gasteiger partial charge in [0.15, 0.2) is 0 Å². The van der Waals surface area contributed by atoms with Crippen molar-refractivity contribution in [1.29, 1.82) is 0 Å². The van der Waals surface area contributed by atoms with Gasteiger partial charge in [-0.05, 0) is 38.5 Å². The molecule has 128 valence electrons. The fraction of sp³-hybridized carbons (Fsp3) is 0.765. The Morgan fingerprint density at radius 1 is 1.26 bits per heavy atom. The van der Waals surface area contributed by atoms with E-state index in [-0.39, 0.29) is 12.6 Å². The van der Waals surface area contributed by atoms with Crippen LogP contribution >= 0.6 is 0 Å². The van der Waals surface area contributed by atoms with E-state index in [0.717, 1.165) is 44.3 Å². The van der Waals surface area contributed by atoms with E-state index in [1.807, 2.05) is 15.6 Å². The monoisotopic (exact) mass is 320 g/mol. The van der Waals surface area contributed by atoms with Crippen LogP contribution in [-0.2, 0) is 0 Å². The molecule has 2 aliphatic rings. The van der Waals surface area contributed by atoms with Crippen molar-refractivity contribution >= 4 is 11.8 Å². The standard InChI is InChI=1S/C17H28N4O2/c22-13-5-4-12-20(14-8-9-14)17(23)19-16-10-11-18-21(16)15-6-2-1-3-7-15/h10-11,14-15,22H,1-9,12-13H2,(H,19,23). The topological polar surface area (TPSA) is 70.4 Å². The lowest BCUT2D eigenvalue weighted by Gasteiger charge is -2.26. The molecule has 0 atom stereocenters. The Kier molecular flexibility index (Phi) is 5.54. The van der Waals surface area contributed by atoms with Crippen molar-refractivity contribution in [3.05, 3.63) is 12.3 Å². The number of hydrogen-bond acceptors (Lipinski definition) is 3. The van der Waals surface area contributed by atoms with Gasteiger partial charge in [0.2, 0.25) is 0 Å². The van der Waals surface area contributed by atoms with Crippen molar-refractivity contribution in [2.45, 2.75) is 69.9 Å². The number of aliphatic hydroxyl groups is 1. The van der Waals surface area contributed by atoms with Gasteiger partial charge in [0.05, 0.1) is 12.2 Å². The first kappa shape index (κ1) is 16.3. The van der Waals surface area contributed by atoms with Gasteiger partial charge in [0.25, 0.3) is 0 Å². The molecule has 2 fully saturated rings. The third kappa shape index (κ3) is 4.25. The van der Waals surface area contributed by atoms with Crippen LogP contribution < -0.4 is 5.32 Å². The molecular weight excluding hydrogens is 292 g/mol. The van der Waals surface area contributed by atoms with E-state index in [1.165, 1.54) is 19.3 Å². The Hall–Kier alpha value is -1.56. The van der Waals surface area contributed by atoms with E-state index in [4.69, 9.17) is 5.11 Å². The highest BCUT2D eigenvalue weighted by Gasteiger charge is 2.32. The third-order valence-electron chi connectivity index (χ3n) is 4.88. The van der Waals surface area contributed by atoms with Crippen molar-refractivity contribution in [2.75, 3.05) is 18.5 Å². The highest BCUT2D eigenvalue weighted by molar-refractivity contribution is 5.88. The third-order valence-corrected chi connectivity index (χ3v) is 4.88. The molecule has 2 amide bonds. The lowest BCUT2D eigenvalue weighted by atomic mass is 9.96. The second-order valence-electron chi connectivity index (χ2n) is 6.74. The van der Waals surface area contributed by atoms with Crippen LogP contribution in [0.2, 0.25) is 0 Å². The summed E-state index contributed by atoms with van der Waals surface area (Å²) >= 11 is 0. The SMILES string of the molecule is O=C(Nc1ccnn1C1CCCCC1)N(CCCCO)C1CC1. The Morgan fingerprint density at radius 2 is 2.04 bits per heavy atom. The first-order valence-corrected chi connectivity index (χ1v) is 9.01. The van der Waals surface area contributed by atoms with Gasteiger partial charge >= 0.3 is 6.03 Å². The first-order valence-electron chi connectivity index (χ1n) is 9.01. The van der Waals surface area contributed by atoms with E-state index in [1.54, 1.807) is 6.20 Å². The van der Waals surface area contributed by atoms with Crippen molar-refractivity contribution in [1.82, 2.24) is 14.7 Å². The Balaban J connectivity index is 1.61. The molecule has 0 radical (unpaired) electrons. The second-order valence-corrected chi connectivity index (χ2v) is 6.74. The van der Waals surface area contributed by atoms with Crippen molar-refractivity contribution in [2.24, 2.45) is 0 Å². The molecule has 1 aromatic rings. The molecule has 0 saturated heterocycles. The number of carbonyl (C=O) groups is 1. The minimum Gasteiger partial charge on any atom is -0.396 e. The molecule has 1 heterocycles. The Morgan fingerprint density at radius 3 is 2.74 bits per heavy atom. The molecular formula is C17H28N4O2. The predicted octanol–water partition coefficient (Wildman–Crippen LogP) is 3.16. The number of carbonyl (C=O) groups excluding carboxylic acids is 1. The van der Waals surface area contributed by atoms with Crippen LogP contribution in [0.4, 0.5) is 10.6 Å². The van der Waals surface area contributed by atoms with Gasteiger partial charge in [0.1, 0.15) is 5.82 Å². The smallest absolute Gasteiger partial charge is 0.323 e. The molecule has 6 nitrogen and oxygen atoms in total. The molecule has 1 aromatic heterocycles. The summed E-state index contributed by atoms with van der Waals surface area (Å²) in [5.41, 5.74) is 0. The van der Waals surface area contributed by atoms with Crippen LogP contribution in [0.3, 0.4) is 0 Å². The molecule has 0 unspecified atom stereocenters. The summed E-state index contributed by atoms with van der Waals surface area (Å²) in [6.45, 7) is 0.906.